The molecule has 0 atom stereocenters. The molecule has 39 heavy (non-hydrogen) atoms. The summed E-state index contributed by atoms with van der Waals surface area (Å²) in [5, 5.41) is 0.706. The average Bonchev–Trinajstić information content (AvgIpc) is 2.95. The molecule has 1 saturated heterocycles. The van der Waals surface area contributed by atoms with Crippen LogP contribution in [-0.4, -0.2) is 61.8 Å². The van der Waals surface area contributed by atoms with E-state index in [1.807, 2.05) is 4.90 Å². The summed E-state index contributed by atoms with van der Waals surface area (Å²) in [6.45, 7) is 2.44. The molecule has 202 valence electrons. The third kappa shape index (κ3) is 5.74. The smallest absolute Gasteiger partial charge is 0.264 e. The molecular formula is C28H25F3N4O3S. The van der Waals surface area contributed by atoms with Gasteiger partial charge in [-0.1, -0.05) is 24.3 Å². The number of nitrogens with one attached hydrogen (secondary N) is 1. The van der Waals surface area contributed by atoms with Crippen molar-refractivity contribution in [2.75, 3.05) is 37.4 Å². The Bertz CT molecular complexity index is 1620. The second-order valence-electron chi connectivity index (χ2n) is 9.23. The summed E-state index contributed by atoms with van der Waals surface area (Å²) in [7, 11) is -3.91. The zero-order chi connectivity index (χ0) is 27.6. The minimum Gasteiger partial charge on any atom is -0.336 e. The van der Waals surface area contributed by atoms with Crippen molar-refractivity contribution < 1.29 is 26.4 Å². The number of anilines is 1. The highest BCUT2D eigenvalue weighted by molar-refractivity contribution is 7.93. The van der Waals surface area contributed by atoms with Gasteiger partial charge >= 0.3 is 0 Å². The van der Waals surface area contributed by atoms with E-state index in [4.69, 9.17) is 0 Å². The van der Waals surface area contributed by atoms with Crippen molar-refractivity contribution in [3.8, 4) is 0 Å². The van der Waals surface area contributed by atoms with Crippen molar-refractivity contribution in [1.29, 1.82) is 0 Å². The van der Waals surface area contributed by atoms with Crippen LogP contribution in [0.15, 0.2) is 77.8 Å². The number of carbonyl (C=O) groups excluding carboxylic acids is 1. The number of rotatable bonds is 7. The lowest BCUT2D eigenvalue weighted by Gasteiger charge is -2.34. The first-order valence-corrected chi connectivity index (χ1v) is 13.8. The number of halogens is 3. The number of piperazine rings is 1. The quantitative estimate of drug-likeness (QED) is 0.342. The number of nitrogens with zero attached hydrogens (tertiary/aromatic N) is 3. The molecule has 1 fully saturated rings. The summed E-state index contributed by atoms with van der Waals surface area (Å²) < 4.78 is 69.1. The molecule has 0 saturated carbocycles. The number of hydrogen-bond donors (Lipinski definition) is 1. The summed E-state index contributed by atoms with van der Waals surface area (Å²) in [5.41, 5.74) is 1.21. The summed E-state index contributed by atoms with van der Waals surface area (Å²) >= 11 is 0. The van der Waals surface area contributed by atoms with Crippen LogP contribution >= 0.6 is 0 Å². The second-order valence-corrected chi connectivity index (χ2v) is 10.9. The zero-order valence-corrected chi connectivity index (χ0v) is 21.6. The van der Waals surface area contributed by atoms with Crippen LogP contribution in [0.4, 0.5) is 18.9 Å². The zero-order valence-electron chi connectivity index (χ0n) is 20.8. The first-order chi connectivity index (χ1) is 18.7. The lowest BCUT2D eigenvalue weighted by Crippen LogP contribution is -2.49. The molecule has 4 aromatic rings. The number of carbonyl (C=O) groups is 1. The molecule has 2 heterocycles. The molecule has 3 aromatic carbocycles. The van der Waals surface area contributed by atoms with Crippen LogP contribution in [-0.2, 0) is 16.4 Å². The topological polar surface area (TPSA) is 82.6 Å². The lowest BCUT2D eigenvalue weighted by atomic mass is 10.1. The number of amides is 1. The lowest BCUT2D eigenvalue weighted by molar-refractivity contribution is 0.0638. The van der Waals surface area contributed by atoms with E-state index >= 15 is 0 Å². The molecule has 0 aliphatic carbocycles. The molecule has 0 bridgehead atoms. The van der Waals surface area contributed by atoms with E-state index in [2.05, 4.69) is 9.71 Å². The number of hydrogen-bond acceptors (Lipinski definition) is 5. The Morgan fingerprint density at radius 2 is 1.59 bits per heavy atom. The van der Waals surface area contributed by atoms with Gasteiger partial charge in [0.1, 0.15) is 4.90 Å². The molecule has 0 radical (unpaired) electrons. The minimum atomic E-state index is -3.91. The summed E-state index contributed by atoms with van der Waals surface area (Å²) in [6.07, 6.45) is 1.76. The molecule has 1 aliphatic rings. The van der Waals surface area contributed by atoms with Gasteiger partial charge in [-0.3, -0.25) is 19.4 Å². The number of fused-ring (bicyclic) bond motifs is 1. The van der Waals surface area contributed by atoms with Gasteiger partial charge in [0.15, 0.2) is 17.5 Å². The van der Waals surface area contributed by atoms with Crippen molar-refractivity contribution in [3.63, 3.8) is 0 Å². The van der Waals surface area contributed by atoms with Gasteiger partial charge in [-0.2, -0.15) is 0 Å². The van der Waals surface area contributed by atoms with Gasteiger partial charge in [0.05, 0.1) is 5.52 Å². The van der Waals surface area contributed by atoms with Crippen LogP contribution in [0.2, 0.25) is 0 Å². The maximum Gasteiger partial charge on any atom is 0.264 e. The highest BCUT2D eigenvalue weighted by atomic mass is 32.2. The van der Waals surface area contributed by atoms with E-state index < -0.39 is 27.5 Å². The van der Waals surface area contributed by atoms with Gasteiger partial charge in [0.2, 0.25) is 0 Å². The Balaban J connectivity index is 1.17. The van der Waals surface area contributed by atoms with E-state index in [-0.39, 0.29) is 22.8 Å². The summed E-state index contributed by atoms with van der Waals surface area (Å²) in [4.78, 5) is 21.0. The average molecular weight is 555 g/mol. The fraction of sp³-hybridized carbons (Fsp3) is 0.214. The van der Waals surface area contributed by atoms with Crippen molar-refractivity contribution in [1.82, 2.24) is 14.8 Å². The SMILES string of the molecule is O=C(c1ccc(NS(=O)(=O)c2cccc3cccnc23)cc1)N1CCN(CCc2ccc(F)c(F)c2F)CC1. The molecule has 7 nitrogen and oxygen atoms in total. The van der Waals surface area contributed by atoms with E-state index in [0.29, 0.717) is 54.9 Å². The van der Waals surface area contributed by atoms with Crippen molar-refractivity contribution >= 4 is 32.5 Å². The molecule has 1 aromatic heterocycles. The van der Waals surface area contributed by atoms with Gasteiger partial charge < -0.3 is 4.90 Å². The van der Waals surface area contributed by atoms with Gasteiger partial charge in [0, 0.05) is 55.6 Å². The Morgan fingerprint density at radius 1 is 0.872 bits per heavy atom. The summed E-state index contributed by atoms with van der Waals surface area (Å²) in [6, 6.07) is 16.8. The molecule has 11 heteroatoms. The second kappa shape index (κ2) is 11.0. The van der Waals surface area contributed by atoms with Crippen LogP contribution < -0.4 is 4.72 Å². The molecular weight excluding hydrogens is 529 g/mol. The van der Waals surface area contributed by atoms with Crippen molar-refractivity contribution in [3.05, 3.63) is 102 Å². The van der Waals surface area contributed by atoms with Crippen LogP contribution in [0, 0.1) is 17.5 Å². The molecule has 1 N–H and O–H groups in total. The maximum absolute atomic E-state index is 13.9. The number of benzene rings is 3. The first kappa shape index (κ1) is 26.6. The molecule has 5 rings (SSSR count). The van der Waals surface area contributed by atoms with Crippen LogP contribution in [0.5, 0.6) is 0 Å². The maximum atomic E-state index is 13.9. The fourth-order valence-electron chi connectivity index (χ4n) is 4.58. The van der Waals surface area contributed by atoms with E-state index in [9.17, 15) is 26.4 Å². The monoisotopic (exact) mass is 554 g/mol. The molecule has 1 aliphatic heterocycles. The number of pyridine rings is 1. The Morgan fingerprint density at radius 3 is 2.33 bits per heavy atom. The highest BCUT2D eigenvalue weighted by Crippen LogP contribution is 2.24. The van der Waals surface area contributed by atoms with Crippen molar-refractivity contribution in [2.45, 2.75) is 11.3 Å². The van der Waals surface area contributed by atoms with E-state index in [1.54, 1.807) is 41.3 Å². The largest absolute Gasteiger partial charge is 0.336 e. The number of aromatic nitrogens is 1. The number of para-hydroxylation sites is 1. The van der Waals surface area contributed by atoms with Crippen LogP contribution in [0.3, 0.4) is 0 Å². The Kier molecular flexibility index (Phi) is 7.53. The Hall–Kier alpha value is -3.96. The van der Waals surface area contributed by atoms with E-state index in [0.717, 1.165) is 6.07 Å². The molecule has 0 spiro atoms. The highest BCUT2D eigenvalue weighted by Gasteiger charge is 2.23. The standard InChI is InChI=1S/C28H25F3N4O3S/c29-23-11-8-19(25(30)26(23)31)12-14-34-15-17-35(18-16-34)28(36)21-6-9-22(10-7-21)33-39(37,38)24-5-1-3-20-4-2-13-32-27(20)24/h1-11,13,33H,12,14-18H2. The first-order valence-electron chi connectivity index (χ1n) is 12.3. The third-order valence-corrected chi connectivity index (χ3v) is 8.15. The van der Waals surface area contributed by atoms with Gasteiger partial charge in [0.25, 0.3) is 15.9 Å². The van der Waals surface area contributed by atoms with Gasteiger partial charge in [-0.05, 0) is 54.4 Å². The normalized spacial score (nSPS) is 14.5. The van der Waals surface area contributed by atoms with Crippen molar-refractivity contribution in [2.24, 2.45) is 0 Å². The van der Waals surface area contributed by atoms with Gasteiger partial charge in [-0.25, -0.2) is 21.6 Å². The molecule has 0 unspecified atom stereocenters. The van der Waals surface area contributed by atoms with Crippen LogP contribution in [0.25, 0.3) is 10.9 Å². The minimum absolute atomic E-state index is 0.0610. The third-order valence-electron chi connectivity index (χ3n) is 6.74. The fourth-order valence-corrected chi connectivity index (χ4v) is 5.82. The number of sulfonamides is 1. The van der Waals surface area contributed by atoms with Crippen LogP contribution in [0.1, 0.15) is 15.9 Å². The van der Waals surface area contributed by atoms with Gasteiger partial charge in [-0.15, -0.1) is 0 Å². The predicted molar refractivity (Wildman–Crippen MR) is 141 cm³/mol. The predicted octanol–water partition coefficient (Wildman–Crippen LogP) is 4.45. The summed E-state index contributed by atoms with van der Waals surface area (Å²) in [5.74, 6) is -4.03. The Labute approximate surface area is 223 Å². The van der Waals surface area contributed by atoms with E-state index in [1.165, 1.54) is 30.5 Å². The molecule has 1 amide bonds.